The molecule has 3 rings (SSSR count). The zero-order valence-corrected chi connectivity index (χ0v) is 22.0. The van der Waals surface area contributed by atoms with Crippen LogP contribution in [0.25, 0.3) is 0 Å². The minimum absolute atomic E-state index is 0.0122. The molecule has 0 heterocycles. The highest BCUT2D eigenvalue weighted by molar-refractivity contribution is 7.92. The van der Waals surface area contributed by atoms with Crippen molar-refractivity contribution in [2.45, 2.75) is 31.3 Å². The van der Waals surface area contributed by atoms with Gasteiger partial charge in [-0.25, -0.2) is 12.8 Å². The lowest BCUT2D eigenvalue weighted by Gasteiger charge is -2.31. The molecule has 0 radical (unpaired) electrons. The number of aryl methyl sites for hydroxylation is 1. The highest BCUT2D eigenvalue weighted by Gasteiger charge is 2.32. The van der Waals surface area contributed by atoms with Gasteiger partial charge >= 0.3 is 0 Å². The summed E-state index contributed by atoms with van der Waals surface area (Å²) in [4.78, 5) is 27.4. The lowest BCUT2D eigenvalue weighted by molar-refractivity contribution is -0.139. The van der Waals surface area contributed by atoms with Crippen molar-refractivity contribution < 1.29 is 27.1 Å². The van der Waals surface area contributed by atoms with Gasteiger partial charge in [-0.2, -0.15) is 0 Å². The normalized spacial score (nSPS) is 11.9. The van der Waals surface area contributed by atoms with E-state index in [1.165, 1.54) is 61.5 Å². The predicted molar refractivity (Wildman–Crippen MR) is 139 cm³/mol. The van der Waals surface area contributed by atoms with Gasteiger partial charge in [-0.1, -0.05) is 35.9 Å². The summed E-state index contributed by atoms with van der Waals surface area (Å²) in [5, 5.41) is 2.52. The second kappa shape index (κ2) is 11.9. The fourth-order valence-electron chi connectivity index (χ4n) is 3.71. The average molecular weight is 528 g/mol. The van der Waals surface area contributed by atoms with E-state index in [4.69, 9.17) is 4.74 Å². The van der Waals surface area contributed by atoms with E-state index in [0.717, 1.165) is 9.87 Å². The summed E-state index contributed by atoms with van der Waals surface area (Å²) >= 11 is 0. The van der Waals surface area contributed by atoms with Crippen molar-refractivity contribution in [3.8, 4) is 5.75 Å². The van der Waals surface area contributed by atoms with Crippen molar-refractivity contribution in [3.05, 3.63) is 89.7 Å². The number of amides is 2. The Kier molecular flexibility index (Phi) is 8.88. The number of halogens is 1. The van der Waals surface area contributed by atoms with Gasteiger partial charge in [-0.05, 0) is 55.8 Å². The molecule has 0 aliphatic carbocycles. The van der Waals surface area contributed by atoms with Crippen LogP contribution in [0.4, 0.5) is 10.1 Å². The van der Waals surface area contributed by atoms with Crippen LogP contribution >= 0.6 is 0 Å². The summed E-state index contributed by atoms with van der Waals surface area (Å²) in [6.07, 6.45) is 0. The number of nitrogens with zero attached hydrogens (tertiary/aromatic N) is 2. The zero-order valence-electron chi connectivity index (χ0n) is 21.1. The SMILES string of the molecule is CNC(=O)[C@H](C)N(Cc1ccc(F)cc1)C(=O)CN(c1cccc(OC)c1)S(=O)(=O)c1ccc(C)cc1. The van der Waals surface area contributed by atoms with E-state index >= 15 is 0 Å². The third-order valence-corrected chi connectivity index (χ3v) is 7.70. The maximum Gasteiger partial charge on any atom is 0.264 e. The van der Waals surface area contributed by atoms with Gasteiger partial charge in [-0.15, -0.1) is 0 Å². The van der Waals surface area contributed by atoms with Gasteiger partial charge in [-0.3, -0.25) is 13.9 Å². The average Bonchev–Trinajstić information content (AvgIpc) is 2.90. The van der Waals surface area contributed by atoms with Gasteiger partial charge in [0.25, 0.3) is 10.0 Å². The van der Waals surface area contributed by atoms with E-state index in [1.807, 2.05) is 6.92 Å². The third kappa shape index (κ3) is 6.65. The molecule has 37 heavy (non-hydrogen) atoms. The molecular formula is C27H30FN3O5S. The number of methoxy groups -OCH3 is 1. The van der Waals surface area contributed by atoms with E-state index in [-0.39, 0.29) is 17.1 Å². The van der Waals surface area contributed by atoms with Crippen LogP contribution in [0.2, 0.25) is 0 Å². The highest BCUT2D eigenvalue weighted by Crippen LogP contribution is 2.28. The molecule has 1 N–H and O–H groups in total. The first-order valence-corrected chi connectivity index (χ1v) is 13.0. The van der Waals surface area contributed by atoms with Crippen molar-refractivity contribution >= 4 is 27.5 Å². The number of rotatable bonds is 10. The number of hydrogen-bond acceptors (Lipinski definition) is 5. The van der Waals surface area contributed by atoms with Crippen LogP contribution in [-0.2, 0) is 26.2 Å². The Morgan fingerprint density at radius 1 is 1.03 bits per heavy atom. The molecule has 0 fully saturated rings. The Morgan fingerprint density at radius 2 is 1.68 bits per heavy atom. The molecule has 8 nitrogen and oxygen atoms in total. The lowest BCUT2D eigenvalue weighted by Crippen LogP contribution is -2.50. The second-order valence-corrected chi connectivity index (χ2v) is 10.3. The Hall–Kier alpha value is -3.92. The number of ether oxygens (including phenoxy) is 1. The summed E-state index contributed by atoms with van der Waals surface area (Å²) in [5.41, 5.74) is 1.69. The molecule has 0 saturated carbocycles. The van der Waals surface area contributed by atoms with Gasteiger partial charge < -0.3 is 15.0 Å². The second-order valence-electron chi connectivity index (χ2n) is 8.46. The largest absolute Gasteiger partial charge is 0.497 e. The molecule has 3 aromatic rings. The van der Waals surface area contributed by atoms with E-state index < -0.39 is 40.2 Å². The van der Waals surface area contributed by atoms with Crippen LogP contribution in [0.15, 0.2) is 77.7 Å². The Bertz CT molecular complexity index is 1350. The van der Waals surface area contributed by atoms with Gasteiger partial charge in [0.2, 0.25) is 11.8 Å². The smallest absolute Gasteiger partial charge is 0.264 e. The number of carbonyl (C=O) groups excluding carboxylic acids is 2. The van der Waals surface area contributed by atoms with Crippen molar-refractivity contribution in [1.82, 2.24) is 10.2 Å². The molecule has 2 amide bonds. The van der Waals surface area contributed by atoms with Crippen LogP contribution in [0.3, 0.4) is 0 Å². The highest BCUT2D eigenvalue weighted by atomic mass is 32.2. The lowest BCUT2D eigenvalue weighted by atomic mass is 10.1. The number of anilines is 1. The van der Waals surface area contributed by atoms with Gasteiger partial charge in [0, 0.05) is 19.7 Å². The number of nitrogens with one attached hydrogen (secondary N) is 1. The number of sulfonamides is 1. The van der Waals surface area contributed by atoms with Crippen LogP contribution in [0.1, 0.15) is 18.1 Å². The van der Waals surface area contributed by atoms with Crippen molar-refractivity contribution in [3.63, 3.8) is 0 Å². The topological polar surface area (TPSA) is 96.0 Å². The summed E-state index contributed by atoms with van der Waals surface area (Å²) in [7, 11) is -1.27. The van der Waals surface area contributed by atoms with E-state index in [0.29, 0.717) is 11.3 Å². The van der Waals surface area contributed by atoms with Crippen molar-refractivity contribution in [1.29, 1.82) is 0 Å². The molecule has 3 aromatic carbocycles. The van der Waals surface area contributed by atoms with E-state index in [1.54, 1.807) is 37.3 Å². The molecule has 196 valence electrons. The van der Waals surface area contributed by atoms with Gasteiger partial charge in [0.05, 0.1) is 17.7 Å². The monoisotopic (exact) mass is 527 g/mol. The summed E-state index contributed by atoms with van der Waals surface area (Å²) < 4.78 is 47.2. The minimum atomic E-state index is -4.17. The van der Waals surface area contributed by atoms with Crippen molar-refractivity contribution in [2.24, 2.45) is 0 Å². The first-order valence-electron chi connectivity index (χ1n) is 11.6. The molecule has 0 unspecified atom stereocenters. The first-order chi connectivity index (χ1) is 17.6. The third-order valence-electron chi connectivity index (χ3n) is 5.91. The quantitative estimate of drug-likeness (QED) is 0.436. The summed E-state index contributed by atoms with van der Waals surface area (Å²) in [6, 6.07) is 17.3. The van der Waals surface area contributed by atoms with E-state index in [9.17, 15) is 22.4 Å². The molecule has 0 aliphatic rings. The van der Waals surface area contributed by atoms with E-state index in [2.05, 4.69) is 5.32 Å². The molecule has 0 spiro atoms. The van der Waals surface area contributed by atoms with Crippen LogP contribution in [0, 0.1) is 12.7 Å². The fraction of sp³-hybridized carbons (Fsp3) is 0.259. The maximum absolute atomic E-state index is 13.8. The zero-order chi connectivity index (χ0) is 27.2. The Labute approximate surface area is 216 Å². The first kappa shape index (κ1) is 27.7. The summed E-state index contributed by atoms with van der Waals surface area (Å²) in [6.45, 7) is 2.79. The maximum atomic E-state index is 13.8. The number of benzene rings is 3. The molecule has 0 aromatic heterocycles. The van der Waals surface area contributed by atoms with Crippen LogP contribution < -0.4 is 14.4 Å². The Morgan fingerprint density at radius 3 is 2.27 bits per heavy atom. The van der Waals surface area contributed by atoms with Crippen LogP contribution in [-0.4, -0.2) is 51.9 Å². The molecule has 0 saturated heterocycles. The Balaban J connectivity index is 2.04. The number of likely N-dealkylation sites (N-methyl/N-ethyl adjacent to an activating group) is 1. The number of carbonyl (C=O) groups is 2. The van der Waals surface area contributed by atoms with Gasteiger partial charge in [0.15, 0.2) is 0 Å². The van der Waals surface area contributed by atoms with Gasteiger partial charge in [0.1, 0.15) is 24.2 Å². The molecular weight excluding hydrogens is 497 g/mol. The van der Waals surface area contributed by atoms with Crippen LogP contribution in [0.5, 0.6) is 5.75 Å². The fourth-order valence-corrected chi connectivity index (χ4v) is 5.12. The molecule has 0 aliphatic heterocycles. The molecule has 10 heteroatoms. The van der Waals surface area contributed by atoms with Crippen molar-refractivity contribution in [2.75, 3.05) is 25.0 Å². The standard InChI is InChI=1S/C27H30FN3O5S/c1-19-8-14-25(15-9-19)37(34,35)31(23-6-5-7-24(16-23)36-4)18-26(32)30(20(2)27(33)29-3)17-21-10-12-22(28)13-11-21/h5-16,20H,17-18H2,1-4H3,(H,29,33)/t20-/m0/s1. The molecule has 1 atom stereocenters. The minimum Gasteiger partial charge on any atom is -0.497 e. The molecule has 0 bridgehead atoms. The summed E-state index contributed by atoms with van der Waals surface area (Å²) in [5.74, 6) is -1.06. The number of hydrogen-bond donors (Lipinski definition) is 1. The predicted octanol–water partition coefficient (Wildman–Crippen LogP) is 3.50.